The van der Waals surface area contributed by atoms with Crippen molar-refractivity contribution in [3.63, 3.8) is 0 Å². The maximum atomic E-state index is 8.73. The molecule has 0 aromatic heterocycles. The van der Waals surface area contributed by atoms with Crippen LogP contribution in [0.5, 0.6) is 0 Å². The van der Waals surface area contributed by atoms with Gasteiger partial charge in [-0.2, -0.15) is 5.26 Å². The van der Waals surface area contributed by atoms with Crippen LogP contribution in [-0.4, -0.2) is 12.6 Å². The van der Waals surface area contributed by atoms with Crippen LogP contribution in [0.2, 0.25) is 0 Å². The number of nitriles is 1. The Hall–Kier alpha value is -1.05. The van der Waals surface area contributed by atoms with E-state index in [0.717, 1.165) is 22.3 Å². The first-order valence-corrected chi connectivity index (χ1v) is 6.95. The Kier molecular flexibility index (Phi) is 5.64. The van der Waals surface area contributed by atoms with Gasteiger partial charge in [-0.05, 0) is 54.4 Å². The van der Waals surface area contributed by atoms with Crippen LogP contribution in [0.15, 0.2) is 22.7 Å². The minimum Gasteiger partial charge on any atom is -0.367 e. The standard InChI is InChI=1S/C14H20BrN3/c1-10(2)18(8-4-7-16)14-6-5-12(11(3)17)9-13(14)15/h5-6,9-11H,4,8,17H2,1-3H3/t11-/m0/s1. The monoisotopic (exact) mass is 309 g/mol. The topological polar surface area (TPSA) is 53.0 Å². The zero-order chi connectivity index (χ0) is 13.7. The van der Waals surface area contributed by atoms with E-state index in [1.165, 1.54) is 0 Å². The molecule has 2 N–H and O–H groups in total. The summed E-state index contributed by atoms with van der Waals surface area (Å²) in [6.45, 7) is 6.97. The van der Waals surface area contributed by atoms with Crippen LogP contribution < -0.4 is 10.6 Å². The highest BCUT2D eigenvalue weighted by atomic mass is 79.9. The van der Waals surface area contributed by atoms with Gasteiger partial charge in [-0.3, -0.25) is 0 Å². The highest BCUT2D eigenvalue weighted by Crippen LogP contribution is 2.30. The summed E-state index contributed by atoms with van der Waals surface area (Å²) in [7, 11) is 0. The largest absolute Gasteiger partial charge is 0.367 e. The van der Waals surface area contributed by atoms with E-state index in [4.69, 9.17) is 11.0 Å². The van der Waals surface area contributed by atoms with Crippen molar-refractivity contribution in [3.8, 4) is 6.07 Å². The maximum Gasteiger partial charge on any atom is 0.0640 e. The summed E-state index contributed by atoms with van der Waals surface area (Å²) in [5.41, 5.74) is 8.09. The summed E-state index contributed by atoms with van der Waals surface area (Å²) in [4.78, 5) is 2.22. The Morgan fingerprint density at radius 3 is 2.50 bits per heavy atom. The van der Waals surface area contributed by atoms with Crippen LogP contribution in [-0.2, 0) is 0 Å². The molecule has 0 amide bonds. The van der Waals surface area contributed by atoms with Crippen molar-refractivity contribution in [1.82, 2.24) is 0 Å². The van der Waals surface area contributed by atoms with Gasteiger partial charge < -0.3 is 10.6 Å². The van der Waals surface area contributed by atoms with Crippen molar-refractivity contribution >= 4 is 21.6 Å². The number of hydrogen-bond donors (Lipinski definition) is 1. The Morgan fingerprint density at radius 1 is 1.39 bits per heavy atom. The molecule has 1 aromatic carbocycles. The predicted molar refractivity (Wildman–Crippen MR) is 79.5 cm³/mol. The molecule has 3 nitrogen and oxygen atoms in total. The van der Waals surface area contributed by atoms with E-state index in [1.807, 2.05) is 13.0 Å². The molecule has 1 atom stereocenters. The smallest absolute Gasteiger partial charge is 0.0640 e. The second kappa shape index (κ2) is 6.77. The van der Waals surface area contributed by atoms with Crippen molar-refractivity contribution < 1.29 is 0 Å². The lowest BCUT2D eigenvalue weighted by molar-refractivity contribution is 0.684. The van der Waals surface area contributed by atoms with Gasteiger partial charge in [-0.15, -0.1) is 0 Å². The second-order valence-corrected chi connectivity index (χ2v) is 5.55. The molecule has 0 saturated heterocycles. The molecule has 0 heterocycles. The number of halogens is 1. The minimum absolute atomic E-state index is 0.0296. The average Bonchev–Trinajstić information content (AvgIpc) is 2.30. The van der Waals surface area contributed by atoms with Crippen molar-refractivity contribution in [2.75, 3.05) is 11.4 Å². The highest BCUT2D eigenvalue weighted by Gasteiger charge is 2.14. The lowest BCUT2D eigenvalue weighted by atomic mass is 10.1. The summed E-state index contributed by atoms with van der Waals surface area (Å²) in [6.07, 6.45) is 0.527. The zero-order valence-corrected chi connectivity index (χ0v) is 12.7. The molecular weight excluding hydrogens is 290 g/mol. The van der Waals surface area contributed by atoms with Crippen molar-refractivity contribution in [1.29, 1.82) is 5.26 Å². The molecule has 4 heteroatoms. The molecule has 18 heavy (non-hydrogen) atoms. The van der Waals surface area contributed by atoms with E-state index in [-0.39, 0.29) is 6.04 Å². The van der Waals surface area contributed by atoms with Gasteiger partial charge in [0, 0.05) is 23.1 Å². The lowest BCUT2D eigenvalue weighted by Gasteiger charge is -2.29. The van der Waals surface area contributed by atoms with Crippen LogP contribution in [0.1, 0.15) is 38.8 Å². The number of benzene rings is 1. The van der Waals surface area contributed by atoms with E-state index >= 15 is 0 Å². The van der Waals surface area contributed by atoms with Gasteiger partial charge in [0.05, 0.1) is 18.2 Å². The first-order valence-electron chi connectivity index (χ1n) is 6.16. The van der Waals surface area contributed by atoms with E-state index in [2.05, 4.69) is 52.9 Å². The van der Waals surface area contributed by atoms with Crippen LogP contribution in [0.25, 0.3) is 0 Å². The van der Waals surface area contributed by atoms with E-state index < -0.39 is 0 Å². The third-order valence-electron chi connectivity index (χ3n) is 2.89. The van der Waals surface area contributed by atoms with Crippen LogP contribution >= 0.6 is 15.9 Å². The lowest BCUT2D eigenvalue weighted by Crippen LogP contribution is -2.31. The molecule has 0 saturated carbocycles. The molecule has 1 aromatic rings. The fourth-order valence-electron chi connectivity index (χ4n) is 1.87. The summed E-state index contributed by atoms with van der Waals surface area (Å²) in [6, 6.07) is 8.76. The first-order chi connectivity index (χ1) is 8.47. The third-order valence-corrected chi connectivity index (χ3v) is 3.53. The van der Waals surface area contributed by atoms with Crippen molar-refractivity contribution in [2.24, 2.45) is 5.73 Å². The van der Waals surface area contributed by atoms with Gasteiger partial charge in [-0.1, -0.05) is 6.07 Å². The second-order valence-electron chi connectivity index (χ2n) is 4.69. The van der Waals surface area contributed by atoms with E-state index in [0.29, 0.717) is 12.5 Å². The van der Waals surface area contributed by atoms with Crippen LogP contribution in [0.3, 0.4) is 0 Å². The van der Waals surface area contributed by atoms with Crippen LogP contribution in [0, 0.1) is 11.3 Å². The molecule has 0 aliphatic heterocycles. The van der Waals surface area contributed by atoms with Gasteiger partial charge in [0.25, 0.3) is 0 Å². The first kappa shape index (κ1) is 15.0. The molecule has 0 bridgehead atoms. The molecular formula is C14H20BrN3. The van der Waals surface area contributed by atoms with Crippen LogP contribution in [0.4, 0.5) is 5.69 Å². The zero-order valence-electron chi connectivity index (χ0n) is 11.2. The van der Waals surface area contributed by atoms with Gasteiger partial charge in [-0.25, -0.2) is 0 Å². The van der Waals surface area contributed by atoms with Gasteiger partial charge >= 0.3 is 0 Å². The Bertz CT molecular complexity index is 435. The summed E-state index contributed by atoms with van der Waals surface area (Å²) in [5.74, 6) is 0. The van der Waals surface area contributed by atoms with Gasteiger partial charge in [0.15, 0.2) is 0 Å². The molecule has 1 rings (SSSR count). The summed E-state index contributed by atoms with van der Waals surface area (Å²) >= 11 is 3.60. The quantitative estimate of drug-likeness (QED) is 0.904. The van der Waals surface area contributed by atoms with Gasteiger partial charge in [0.1, 0.15) is 0 Å². The number of anilines is 1. The molecule has 0 fully saturated rings. The van der Waals surface area contributed by atoms with Crippen molar-refractivity contribution in [2.45, 2.75) is 39.3 Å². The molecule has 0 spiro atoms. The Labute approximate surface area is 118 Å². The van der Waals surface area contributed by atoms with E-state index in [1.54, 1.807) is 0 Å². The minimum atomic E-state index is 0.0296. The number of rotatable bonds is 5. The highest BCUT2D eigenvalue weighted by molar-refractivity contribution is 9.10. The SMILES string of the molecule is CC(C)N(CCC#N)c1ccc([C@H](C)N)cc1Br. The van der Waals surface area contributed by atoms with Crippen molar-refractivity contribution in [3.05, 3.63) is 28.2 Å². The Balaban J connectivity index is 3.02. The Morgan fingerprint density at radius 2 is 2.06 bits per heavy atom. The van der Waals surface area contributed by atoms with Gasteiger partial charge in [0.2, 0.25) is 0 Å². The molecule has 0 radical (unpaired) electrons. The number of hydrogen-bond acceptors (Lipinski definition) is 3. The molecule has 0 aliphatic rings. The molecule has 98 valence electrons. The van der Waals surface area contributed by atoms with E-state index in [9.17, 15) is 0 Å². The third kappa shape index (κ3) is 3.72. The number of nitrogens with zero attached hydrogens (tertiary/aromatic N) is 2. The summed E-state index contributed by atoms with van der Waals surface area (Å²) in [5, 5.41) is 8.73. The average molecular weight is 310 g/mol. The number of nitrogens with two attached hydrogens (primary N) is 1. The fourth-order valence-corrected chi connectivity index (χ4v) is 2.49. The predicted octanol–water partition coefficient (Wildman–Crippen LogP) is 3.60. The summed E-state index contributed by atoms with van der Waals surface area (Å²) < 4.78 is 1.03. The maximum absolute atomic E-state index is 8.73. The normalized spacial score (nSPS) is 12.3. The molecule has 0 aliphatic carbocycles. The molecule has 0 unspecified atom stereocenters. The fraction of sp³-hybridized carbons (Fsp3) is 0.500.